The molecule has 4 rings (SSSR count). The molecule has 1 fully saturated rings. The second-order valence-corrected chi connectivity index (χ2v) is 9.43. The average molecular weight is 504 g/mol. The van der Waals surface area contributed by atoms with Gasteiger partial charge in [0.1, 0.15) is 6.61 Å². The fourth-order valence-electron chi connectivity index (χ4n) is 3.94. The Kier molecular flexibility index (Phi) is 7.82. The summed E-state index contributed by atoms with van der Waals surface area (Å²) in [5.74, 6) is 0.416. The van der Waals surface area contributed by atoms with Crippen LogP contribution in [0.1, 0.15) is 27.0 Å². The summed E-state index contributed by atoms with van der Waals surface area (Å²) in [6.07, 6.45) is 0. The highest BCUT2D eigenvalue weighted by molar-refractivity contribution is 6.40. The average Bonchev–Trinajstić information content (AvgIpc) is 2.80. The van der Waals surface area contributed by atoms with E-state index in [0.717, 1.165) is 25.2 Å². The van der Waals surface area contributed by atoms with Crippen molar-refractivity contribution in [2.75, 3.05) is 26.2 Å². The molecule has 7 heteroatoms. The van der Waals surface area contributed by atoms with Crippen LogP contribution in [0.2, 0.25) is 15.1 Å². The largest absolute Gasteiger partial charge is 0.486 e. The van der Waals surface area contributed by atoms with Crippen LogP contribution in [-0.4, -0.2) is 41.9 Å². The summed E-state index contributed by atoms with van der Waals surface area (Å²) in [6.45, 7) is 6.43. The molecule has 0 aliphatic carbocycles. The lowest BCUT2D eigenvalue weighted by molar-refractivity contribution is 0.0628. The molecule has 0 bridgehead atoms. The van der Waals surface area contributed by atoms with Crippen LogP contribution < -0.4 is 4.74 Å². The Bertz CT molecular complexity index is 1120. The molecule has 0 atom stereocenters. The molecule has 1 saturated heterocycles. The number of carbonyl (C=O) groups excluding carboxylic acids is 1. The van der Waals surface area contributed by atoms with Crippen molar-refractivity contribution in [1.29, 1.82) is 0 Å². The summed E-state index contributed by atoms with van der Waals surface area (Å²) in [4.78, 5) is 17.4. The summed E-state index contributed by atoms with van der Waals surface area (Å²) >= 11 is 18.3. The first-order valence-electron chi connectivity index (χ1n) is 10.8. The Morgan fingerprint density at radius 3 is 2.30 bits per heavy atom. The number of rotatable bonds is 6. The van der Waals surface area contributed by atoms with E-state index in [1.165, 1.54) is 11.1 Å². The molecule has 0 N–H and O–H groups in total. The molecule has 0 saturated carbocycles. The van der Waals surface area contributed by atoms with Gasteiger partial charge < -0.3 is 9.64 Å². The number of ether oxygens (including phenoxy) is 1. The lowest BCUT2D eigenvalue weighted by atomic mass is 10.1. The number of hydrogen-bond acceptors (Lipinski definition) is 3. The number of hydrogen-bond donors (Lipinski definition) is 0. The molecule has 4 nitrogen and oxygen atoms in total. The van der Waals surface area contributed by atoms with Crippen LogP contribution in [-0.2, 0) is 13.2 Å². The zero-order valence-electron chi connectivity index (χ0n) is 18.4. The van der Waals surface area contributed by atoms with E-state index in [4.69, 9.17) is 39.5 Å². The molecule has 0 radical (unpaired) electrons. The normalized spacial score (nSPS) is 14.4. The molecule has 0 unspecified atom stereocenters. The van der Waals surface area contributed by atoms with Crippen molar-refractivity contribution < 1.29 is 9.53 Å². The zero-order chi connectivity index (χ0) is 23.4. The van der Waals surface area contributed by atoms with Crippen molar-refractivity contribution in [3.05, 3.63) is 98.0 Å². The maximum Gasteiger partial charge on any atom is 0.253 e. The number of halogens is 3. The van der Waals surface area contributed by atoms with E-state index in [1.54, 1.807) is 12.1 Å². The van der Waals surface area contributed by atoms with E-state index in [1.807, 2.05) is 29.2 Å². The Morgan fingerprint density at radius 1 is 0.909 bits per heavy atom. The van der Waals surface area contributed by atoms with Crippen molar-refractivity contribution in [2.45, 2.75) is 20.1 Å². The maximum absolute atomic E-state index is 13.1. The van der Waals surface area contributed by atoms with Crippen LogP contribution >= 0.6 is 34.8 Å². The molecular weight excluding hydrogens is 479 g/mol. The van der Waals surface area contributed by atoms with E-state index < -0.39 is 0 Å². The van der Waals surface area contributed by atoms with Gasteiger partial charge >= 0.3 is 0 Å². The molecule has 1 aliphatic heterocycles. The van der Waals surface area contributed by atoms with Crippen LogP contribution in [0.3, 0.4) is 0 Å². The van der Waals surface area contributed by atoms with E-state index >= 15 is 0 Å². The van der Waals surface area contributed by atoms with Crippen molar-refractivity contribution in [3.8, 4) is 5.75 Å². The fourth-order valence-corrected chi connectivity index (χ4v) is 4.86. The number of benzene rings is 3. The number of nitrogens with zero attached hydrogens (tertiary/aromatic N) is 2. The molecule has 3 aromatic rings. The predicted molar refractivity (Wildman–Crippen MR) is 135 cm³/mol. The Labute approximate surface area is 209 Å². The van der Waals surface area contributed by atoms with Gasteiger partial charge in [-0.2, -0.15) is 0 Å². The Balaban J connectivity index is 1.35. The number of piperazine rings is 1. The van der Waals surface area contributed by atoms with E-state index in [0.29, 0.717) is 39.5 Å². The first-order valence-corrected chi connectivity index (χ1v) is 12.0. The van der Waals surface area contributed by atoms with Gasteiger partial charge in [0.05, 0.1) is 10.0 Å². The minimum absolute atomic E-state index is 0.0370. The van der Waals surface area contributed by atoms with Crippen LogP contribution in [0.15, 0.2) is 60.7 Å². The van der Waals surface area contributed by atoms with Crippen molar-refractivity contribution in [2.24, 2.45) is 0 Å². The van der Waals surface area contributed by atoms with Crippen molar-refractivity contribution in [3.63, 3.8) is 0 Å². The highest BCUT2D eigenvalue weighted by Crippen LogP contribution is 2.36. The third-order valence-corrected chi connectivity index (χ3v) is 6.61. The van der Waals surface area contributed by atoms with Crippen LogP contribution in [0.5, 0.6) is 5.75 Å². The molecule has 1 heterocycles. The molecule has 1 aliphatic rings. The van der Waals surface area contributed by atoms with Gasteiger partial charge in [0.25, 0.3) is 5.91 Å². The lowest BCUT2D eigenvalue weighted by Gasteiger charge is -2.35. The quantitative estimate of drug-likeness (QED) is 0.385. The van der Waals surface area contributed by atoms with Gasteiger partial charge in [0, 0.05) is 43.3 Å². The van der Waals surface area contributed by atoms with Gasteiger partial charge in [-0.1, -0.05) is 71.2 Å². The molecule has 1 amide bonds. The van der Waals surface area contributed by atoms with E-state index in [2.05, 4.69) is 36.1 Å². The highest BCUT2D eigenvalue weighted by Gasteiger charge is 2.22. The molecule has 33 heavy (non-hydrogen) atoms. The molecule has 3 aromatic carbocycles. The van der Waals surface area contributed by atoms with Gasteiger partial charge in [-0.05, 0) is 47.9 Å². The van der Waals surface area contributed by atoms with Crippen LogP contribution in [0, 0.1) is 6.92 Å². The topological polar surface area (TPSA) is 32.8 Å². The summed E-state index contributed by atoms with van der Waals surface area (Å²) in [5.41, 5.74) is 4.15. The van der Waals surface area contributed by atoms with Crippen molar-refractivity contribution in [1.82, 2.24) is 9.80 Å². The predicted octanol–water partition coefficient (Wildman–Crippen LogP) is 6.49. The maximum atomic E-state index is 13.1. The Hall–Kier alpha value is -2.24. The van der Waals surface area contributed by atoms with Crippen LogP contribution in [0.4, 0.5) is 0 Å². The van der Waals surface area contributed by atoms with E-state index in [9.17, 15) is 4.79 Å². The summed E-state index contributed by atoms with van der Waals surface area (Å²) < 4.78 is 5.82. The van der Waals surface area contributed by atoms with Gasteiger partial charge in [-0.3, -0.25) is 9.69 Å². The van der Waals surface area contributed by atoms with Gasteiger partial charge in [0.15, 0.2) is 5.75 Å². The first-order chi connectivity index (χ1) is 15.9. The summed E-state index contributed by atoms with van der Waals surface area (Å²) in [6, 6.07) is 19.1. The number of amides is 1. The Morgan fingerprint density at radius 2 is 1.61 bits per heavy atom. The third kappa shape index (κ3) is 6.01. The minimum atomic E-state index is 0.0370. The highest BCUT2D eigenvalue weighted by atomic mass is 35.5. The van der Waals surface area contributed by atoms with Crippen molar-refractivity contribution >= 4 is 40.7 Å². The van der Waals surface area contributed by atoms with E-state index in [-0.39, 0.29) is 12.5 Å². The lowest BCUT2D eigenvalue weighted by Crippen LogP contribution is -2.48. The zero-order valence-corrected chi connectivity index (χ0v) is 20.6. The third-order valence-electron chi connectivity index (χ3n) is 5.83. The second kappa shape index (κ2) is 10.8. The first kappa shape index (κ1) is 23.9. The molecule has 172 valence electrons. The SMILES string of the molecule is Cc1ccccc1CN1CCN(C(=O)c2cccc(COc3c(Cl)cc(Cl)cc3Cl)c2)CC1. The summed E-state index contributed by atoms with van der Waals surface area (Å²) in [7, 11) is 0. The van der Waals surface area contributed by atoms with Crippen LogP contribution in [0.25, 0.3) is 0 Å². The molecular formula is C26H25Cl3N2O2. The second-order valence-electron chi connectivity index (χ2n) is 8.18. The number of aryl methyl sites for hydroxylation is 1. The smallest absolute Gasteiger partial charge is 0.253 e. The van der Waals surface area contributed by atoms with Gasteiger partial charge in [-0.25, -0.2) is 0 Å². The summed E-state index contributed by atoms with van der Waals surface area (Å²) in [5, 5.41) is 1.15. The minimum Gasteiger partial charge on any atom is -0.486 e. The van der Waals surface area contributed by atoms with Gasteiger partial charge in [0.2, 0.25) is 0 Å². The number of carbonyl (C=O) groups is 1. The molecule has 0 spiro atoms. The molecule has 0 aromatic heterocycles. The van der Waals surface area contributed by atoms with Gasteiger partial charge in [-0.15, -0.1) is 0 Å². The standard InChI is InChI=1S/C26H25Cl3N2O2/c1-18-5-2-3-7-21(18)16-30-9-11-31(12-10-30)26(32)20-8-4-6-19(13-20)17-33-25-23(28)14-22(27)15-24(25)29/h2-8,13-15H,9-12,16-17H2,1H3. The fraction of sp³-hybridized carbons (Fsp3) is 0.269. The monoisotopic (exact) mass is 502 g/mol.